The van der Waals surface area contributed by atoms with Crippen LogP contribution in [0, 0.1) is 6.92 Å². The van der Waals surface area contributed by atoms with E-state index in [2.05, 4.69) is 4.98 Å². The zero-order valence-corrected chi connectivity index (χ0v) is 14.0. The van der Waals surface area contributed by atoms with E-state index in [1.165, 1.54) is 16.4 Å². The van der Waals surface area contributed by atoms with Gasteiger partial charge >= 0.3 is 0 Å². The second-order valence-electron chi connectivity index (χ2n) is 5.81. The molecule has 5 nitrogen and oxygen atoms in total. The highest BCUT2D eigenvalue weighted by atomic mass is 32.2. The van der Waals surface area contributed by atoms with Gasteiger partial charge in [-0.05, 0) is 31.9 Å². The minimum absolute atomic E-state index is 0.00192. The summed E-state index contributed by atoms with van der Waals surface area (Å²) in [6.07, 6.45) is 1.17. The van der Waals surface area contributed by atoms with Crippen LogP contribution >= 0.6 is 0 Å². The number of sulfonamides is 1. The van der Waals surface area contributed by atoms with Gasteiger partial charge < -0.3 is 4.42 Å². The van der Waals surface area contributed by atoms with E-state index in [0.717, 1.165) is 25.0 Å². The molecule has 1 fully saturated rings. The Morgan fingerprint density at radius 3 is 2.54 bits per heavy atom. The molecule has 130 valence electrons. The molecule has 0 radical (unpaired) electrons. The maximum Gasteiger partial charge on any atom is 0.263 e. The number of benzene rings is 1. The van der Waals surface area contributed by atoms with Crippen molar-refractivity contribution in [1.29, 1.82) is 0 Å². The van der Waals surface area contributed by atoms with Crippen molar-refractivity contribution in [2.75, 3.05) is 6.54 Å². The van der Waals surface area contributed by atoms with Crippen molar-refractivity contribution >= 4 is 10.0 Å². The molecule has 1 aromatic heterocycles. The molecule has 0 unspecified atom stereocenters. The monoisotopic (exact) mass is 356 g/mol. The molecule has 2 heterocycles. The molecule has 0 saturated carbocycles. The van der Waals surface area contributed by atoms with Crippen molar-refractivity contribution in [3.8, 4) is 0 Å². The average Bonchev–Trinajstić information content (AvgIpc) is 3.01. The Balaban J connectivity index is 1.94. The zero-order chi connectivity index (χ0) is 17.3. The van der Waals surface area contributed by atoms with E-state index in [1.54, 1.807) is 13.1 Å². The number of hydrogen-bond acceptors (Lipinski definition) is 4. The molecule has 1 aliphatic rings. The van der Waals surface area contributed by atoms with Gasteiger partial charge in [-0.1, -0.05) is 18.6 Å². The van der Waals surface area contributed by atoms with Gasteiger partial charge in [0.25, 0.3) is 6.43 Å². The van der Waals surface area contributed by atoms with E-state index in [1.807, 2.05) is 0 Å². The molecule has 0 spiro atoms. The quantitative estimate of drug-likeness (QED) is 0.835. The number of hydrogen-bond donors (Lipinski definition) is 0. The van der Waals surface area contributed by atoms with Gasteiger partial charge in [-0.2, -0.15) is 4.31 Å². The highest BCUT2D eigenvalue weighted by molar-refractivity contribution is 7.89. The number of aryl methyl sites for hydroxylation is 1. The topological polar surface area (TPSA) is 63.4 Å². The van der Waals surface area contributed by atoms with Crippen LogP contribution < -0.4 is 0 Å². The first-order valence-electron chi connectivity index (χ1n) is 7.72. The van der Waals surface area contributed by atoms with Crippen LogP contribution in [-0.2, 0) is 10.0 Å². The molecule has 0 N–H and O–H groups in total. The molecule has 1 aromatic carbocycles. The maximum absolute atomic E-state index is 12.9. The Morgan fingerprint density at radius 1 is 1.25 bits per heavy atom. The summed E-state index contributed by atoms with van der Waals surface area (Å²) in [5.41, 5.74) is -0.201. The van der Waals surface area contributed by atoms with Gasteiger partial charge in [0.2, 0.25) is 15.9 Å². The number of oxazole rings is 1. The van der Waals surface area contributed by atoms with Gasteiger partial charge in [0, 0.05) is 12.1 Å². The van der Waals surface area contributed by atoms with Crippen LogP contribution in [0.4, 0.5) is 8.78 Å². The van der Waals surface area contributed by atoms with E-state index >= 15 is 0 Å². The molecule has 1 saturated heterocycles. The summed E-state index contributed by atoms with van der Waals surface area (Å²) in [5.74, 6) is 0.995. The Bertz CT molecular complexity index is 803. The predicted octanol–water partition coefficient (Wildman–Crippen LogP) is 3.84. The maximum atomic E-state index is 12.9. The van der Waals surface area contributed by atoms with Crippen molar-refractivity contribution in [1.82, 2.24) is 9.29 Å². The van der Waals surface area contributed by atoms with E-state index in [-0.39, 0.29) is 10.5 Å². The molecule has 2 aromatic rings. The van der Waals surface area contributed by atoms with Gasteiger partial charge in [0.1, 0.15) is 11.8 Å². The Hall–Kier alpha value is -1.80. The Kier molecular flexibility index (Phi) is 4.69. The lowest BCUT2D eigenvalue weighted by atomic mass is 10.1. The van der Waals surface area contributed by atoms with Crippen LogP contribution in [0.1, 0.15) is 48.9 Å². The SMILES string of the molecule is Cc1cnc([C@@H]2CCCCN2S(=O)(=O)c2ccc(C(F)F)cc2)o1. The largest absolute Gasteiger partial charge is 0.444 e. The van der Waals surface area contributed by atoms with Crippen molar-refractivity contribution in [3.63, 3.8) is 0 Å². The summed E-state index contributed by atoms with van der Waals surface area (Å²) in [7, 11) is -3.80. The van der Waals surface area contributed by atoms with Crippen molar-refractivity contribution in [3.05, 3.63) is 47.7 Å². The molecule has 1 aliphatic heterocycles. The molecular formula is C16H18F2N2O3S. The number of aromatic nitrogens is 1. The first-order valence-corrected chi connectivity index (χ1v) is 9.16. The van der Waals surface area contributed by atoms with Gasteiger partial charge in [-0.15, -0.1) is 0 Å². The van der Waals surface area contributed by atoms with Gasteiger partial charge in [0.05, 0.1) is 11.1 Å². The summed E-state index contributed by atoms with van der Waals surface area (Å²) in [6, 6.07) is 4.27. The molecule has 1 atom stereocenters. The molecule has 8 heteroatoms. The lowest BCUT2D eigenvalue weighted by Crippen LogP contribution is -2.38. The van der Waals surface area contributed by atoms with Crippen LogP contribution in [0.15, 0.2) is 39.8 Å². The van der Waals surface area contributed by atoms with Crippen molar-refractivity contribution in [2.45, 2.75) is 43.5 Å². The van der Waals surface area contributed by atoms with Crippen LogP contribution in [0.5, 0.6) is 0 Å². The molecule has 24 heavy (non-hydrogen) atoms. The minimum Gasteiger partial charge on any atom is -0.444 e. The summed E-state index contributed by atoms with van der Waals surface area (Å²) in [5, 5.41) is 0. The van der Waals surface area contributed by atoms with Crippen molar-refractivity contribution < 1.29 is 21.6 Å². The van der Waals surface area contributed by atoms with E-state index < -0.39 is 22.5 Å². The third-order valence-corrected chi connectivity index (χ3v) is 6.04. The number of alkyl halides is 2. The number of nitrogens with zero attached hydrogens (tertiary/aromatic N) is 2. The predicted molar refractivity (Wildman–Crippen MR) is 83.1 cm³/mol. The summed E-state index contributed by atoms with van der Waals surface area (Å²) < 4.78 is 58.0. The molecule has 0 aliphatic carbocycles. The van der Waals surface area contributed by atoms with E-state index in [4.69, 9.17) is 4.42 Å². The lowest BCUT2D eigenvalue weighted by molar-refractivity contribution is 0.151. The van der Waals surface area contributed by atoms with Crippen LogP contribution in [-0.4, -0.2) is 24.3 Å². The van der Waals surface area contributed by atoms with Crippen LogP contribution in [0.3, 0.4) is 0 Å². The summed E-state index contributed by atoms with van der Waals surface area (Å²) in [6.45, 7) is 2.10. The van der Waals surface area contributed by atoms with E-state index in [9.17, 15) is 17.2 Å². The van der Waals surface area contributed by atoms with Crippen LogP contribution in [0.25, 0.3) is 0 Å². The number of halogens is 2. The smallest absolute Gasteiger partial charge is 0.263 e. The molecular weight excluding hydrogens is 338 g/mol. The standard InChI is InChI=1S/C16H18F2N2O3S/c1-11-10-19-16(23-11)14-4-2-3-9-20(14)24(21,22)13-7-5-12(6-8-13)15(17)18/h5-8,10,14-15H,2-4,9H2,1H3/t14-/m0/s1. The second-order valence-corrected chi connectivity index (χ2v) is 7.70. The van der Waals surface area contributed by atoms with E-state index in [0.29, 0.717) is 24.6 Å². The highest BCUT2D eigenvalue weighted by Crippen LogP contribution is 2.35. The van der Waals surface area contributed by atoms with Crippen molar-refractivity contribution in [2.24, 2.45) is 0 Å². The number of piperidine rings is 1. The Morgan fingerprint density at radius 2 is 1.96 bits per heavy atom. The second kappa shape index (κ2) is 6.60. The fourth-order valence-corrected chi connectivity index (χ4v) is 4.54. The fourth-order valence-electron chi connectivity index (χ4n) is 2.89. The first-order chi connectivity index (χ1) is 11.4. The van der Waals surface area contributed by atoms with Crippen LogP contribution in [0.2, 0.25) is 0 Å². The Labute approximate surface area is 139 Å². The zero-order valence-electron chi connectivity index (χ0n) is 13.2. The molecule has 3 rings (SSSR count). The molecule has 0 bridgehead atoms. The average molecular weight is 356 g/mol. The molecule has 0 amide bonds. The summed E-state index contributed by atoms with van der Waals surface area (Å²) in [4.78, 5) is 4.16. The number of rotatable bonds is 4. The minimum atomic E-state index is -3.80. The van der Waals surface area contributed by atoms with Gasteiger partial charge in [-0.25, -0.2) is 22.2 Å². The summed E-state index contributed by atoms with van der Waals surface area (Å²) >= 11 is 0. The van der Waals surface area contributed by atoms with Gasteiger partial charge in [-0.3, -0.25) is 0 Å². The third kappa shape index (κ3) is 3.21. The fraction of sp³-hybridized carbons (Fsp3) is 0.438. The first kappa shape index (κ1) is 17.0. The third-order valence-electron chi connectivity index (χ3n) is 4.12. The highest BCUT2D eigenvalue weighted by Gasteiger charge is 2.36. The normalized spacial score (nSPS) is 19.8. The van der Waals surface area contributed by atoms with Gasteiger partial charge in [0.15, 0.2) is 0 Å². The lowest BCUT2D eigenvalue weighted by Gasteiger charge is -2.32.